The van der Waals surface area contributed by atoms with E-state index < -0.39 is 68.9 Å². The number of hydrogen-bond acceptors (Lipinski definition) is 6. The molecule has 3 aliphatic rings. The van der Waals surface area contributed by atoms with Crippen LogP contribution in [0.5, 0.6) is 0 Å². The summed E-state index contributed by atoms with van der Waals surface area (Å²) in [5.41, 5.74) is -5.57. The van der Waals surface area contributed by atoms with Gasteiger partial charge in [-0.1, -0.05) is 0 Å². The van der Waals surface area contributed by atoms with Gasteiger partial charge >= 0.3 is 17.9 Å². The maximum atomic E-state index is 13.9. The summed E-state index contributed by atoms with van der Waals surface area (Å²) in [4.78, 5) is 86.3. The molecule has 0 atom stereocenters. The second-order valence-corrected chi connectivity index (χ2v) is 20.0. The number of likely N-dealkylation sites (tertiary alicyclic amines) is 3. The molecule has 12 heteroatoms. The number of nitrogens with zero attached hydrogens (tertiary/aromatic N) is 3. The van der Waals surface area contributed by atoms with Crippen LogP contribution >= 0.6 is 0 Å². The summed E-state index contributed by atoms with van der Waals surface area (Å²) < 4.78 is 0. The van der Waals surface area contributed by atoms with E-state index in [1.54, 1.807) is 14.7 Å². The van der Waals surface area contributed by atoms with Gasteiger partial charge in [0.15, 0.2) is 0 Å². The Kier molecular flexibility index (Phi) is 10.6. The molecule has 3 fully saturated rings. The first-order valence-corrected chi connectivity index (χ1v) is 19.1. The van der Waals surface area contributed by atoms with Crippen LogP contribution in [-0.4, -0.2) is 98.9 Å². The number of benzene rings is 1. The zero-order valence-corrected chi connectivity index (χ0v) is 35.1. The average Bonchev–Trinajstić information content (AvgIpc) is 2.90. The van der Waals surface area contributed by atoms with Crippen LogP contribution in [0, 0.1) is 0 Å². The fraction of sp³-hybridized carbons (Fsp3) is 0.714. The smallest absolute Gasteiger partial charge is 0.336 e. The lowest BCUT2D eigenvalue weighted by molar-refractivity contribution is -0.148. The van der Waals surface area contributed by atoms with E-state index in [2.05, 4.69) is 0 Å². The van der Waals surface area contributed by atoms with E-state index in [1.807, 2.05) is 83.1 Å². The van der Waals surface area contributed by atoms with Crippen molar-refractivity contribution in [1.29, 1.82) is 0 Å². The van der Waals surface area contributed by atoms with Crippen LogP contribution in [0.2, 0.25) is 0 Å². The summed E-state index contributed by atoms with van der Waals surface area (Å²) in [5.74, 6) is -6.78. The van der Waals surface area contributed by atoms with E-state index >= 15 is 0 Å². The van der Waals surface area contributed by atoms with Crippen LogP contribution in [0.25, 0.3) is 0 Å². The largest absolute Gasteiger partial charge is 0.478 e. The molecule has 3 N–H and O–H groups in total. The molecule has 3 aliphatic heterocycles. The van der Waals surface area contributed by atoms with Gasteiger partial charge in [0.2, 0.25) is 17.7 Å². The Morgan fingerprint density at radius 1 is 0.389 bits per heavy atom. The van der Waals surface area contributed by atoms with Crippen molar-refractivity contribution >= 4 is 35.6 Å². The van der Waals surface area contributed by atoms with E-state index in [-0.39, 0.29) is 89.6 Å². The molecule has 0 bridgehead atoms. The standard InChI is InChI=1S/C42H63N3O9/c1-22(46)43-37(4,5)16-25(17-38(43,6)7)28-31(34(49)50)29(26-18-39(8,9)44(23(2)47)40(10,11)19-26)33(36(53)54)30(32(28)35(51)52)27-20-41(12,13)45(24(3)48)42(14,15)21-27/h25-27H,16-21H2,1-15H3,(H,49,50)(H,51,52)(H,53,54). The van der Waals surface area contributed by atoms with Crippen molar-refractivity contribution in [3.63, 3.8) is 0 Å². The summed E-state index contributed by atoms with van der Waals surface area (Å²) in [7, 11) is 0. The molecular weight excluding hydrogens is 690 g/mol. The van der Waals surface area contributed by atoms with Crippen LogP contribution < -0.4 is 0 Å². The molecule has 0 spiro atoms. The lowest BCUT2D eigenvalue weighted by Gasteiger charge is -2.57. The van der Waals surface area contributed by atoms with Crippen molar-refractivity contribution in [2.75, 3.05) is 0 Å². The topological polar surface area (TPSA) is 173 Å². The van der Waals surface area contributed by atoms with Crippen molar-refractivity contribution in [2.24, 2.45) is 0 Å². The Hall–Kier alpha value is -3.96. The molecule has 300 valence electrons. The van der Waals surface area contributed by atoms with E-state index in [1.165, 1.54) is 20.8 Å². The fourth-order valence-corrected chi connectivity index (χ4v) is 12.7. The molecule has 0 unspecified atom stereocenters. The van der Waals surface area contributed by atoms with Gasteiger partial charge in [-0.15, -0.1) is 0 Å². The minimum absolute atomic E-state index is 0.0866. The highest BCUT2D eigenvalue weighted by Crippen LogP contribution is 2.56. The third kappa shape index (κ3) is 7.14. The Morgan fingerprint density at radius 3 is 0.648 bits per heavy atom. The molecule has 0 aromatic heterocycles. The lowest BCUT2D eigenvalue weighted by Crippen LogP contribution is -2.62. The summed E-state index contributed by atoms with van der Waals surface area (Å²) in [6.07, 6.45) is 1.43. The predicted octanol–water partition coefficient (Wildman–Crippen LogP) is 7.63. The molecule has 3 amide bonds. The average molecular weight is 754 g/mol. The van der Waals surface area contributed by atoms with E-state index in [0.29, 0.717) is 0 Å². The van der Waals surface area contributed by atoms with E-state index in [4.69, 9.17) is 0 Å². The van der Waals surface area contributed by atoms with Crippen LogP contribution in [0.3, 0.4) is 0 Å². The number of carboxylic acids is 3. The van der Waals surface area contributed by atoms with Gasteiger partial charge in [0.05, 0.1) is 16.7 Å². The summed E-state index contributed by atoms with van der Waals surface area (Å²) in [5, 5.41) is 34.0. The van der Waals surface area contributed by atoms with Crippen molar-refractivity contribution in [3.05, 3.63) is 33.4 Å². The number of carbonyl (C=O) groups excluding carboxylic acids is 3. The number of carbonyl (C=O) groups is 6. The van der Waals surface area contributed by atoms with Crippen LogP contribution in [-0.2, 0) is 14.4 Å². The molecule has 12 nitrogen and oxygen atoms in total. The number of aromatic carboxylic acids is 3. The van der Waals surface area contributed by atoms with Crippen LogP contribution in [0.15, 0.2) is 0 Å². The third-order valence-electron chi connectivity index (χ3n) is 12.5. The minimum Gasteiger partial charge on any atom is -0.478 e. The van der Waals surface area contributed by atoms with Gasteiger partial charge in [-0.3, -0.25) is 14.4 Å². The molecule has 54 heavy (non-hydrogen) atoms. The quantitative estimate of drug-likeness (QED) is 0.264. The molecule has 4 rings (SSSR count). The van der Waals surface area contributed by atoms with Crippen molar-refractivity contribution in [1.82, 2.24) is 14.7 Å². The zero-order chi connectivity index (χ0) is 41.6. The third-order valence-corrected chi connectivity index (χ3v) is 12.5. The van der Waals surface area contributed by atoms with Gasteiger partial charge in [0, 0.05) is 54.0 Å². The molecule has 0 saturated carbocycles. The fourth-order valence-electron chi connectivity index (χ4n) is 12.7. The molecule has 3 saturated heterocycles. The maximum Gasteiger partial charge on any atom is 0.336 e. The first kappa shape index (κ1) is 42.8. The van der Waals surface area contributed by atoms with Gasteiger partial charge in [-0.25, -0.2) is 14.4 Å². The number of amides is 3. The molecule has 1 aromatic rings. The number of carboxylic acid groups (broad SMARTS) is 3. The Bertz CT molecular complexity index is 1520. The Labute approximate surface area is 320 Å². The lowest BCUT2D eigenvalue weighted by atomic mass is 9.62. The zero-order valence-electron chi connectivity index (χ0n) is 35.1. The van der Waals surface area contributed by atoms with Gasteiger partial charge in [-0.05, 0) is 156 Å². The highest BCUT2D eigenvalue weighted by molar-refractivity contribution is 6.06. The second-order valence-electron chi connectivity index (χ2n) is 20.0. The predicted molar refractivity (Wildman–Crippen MR) is 205 cm³/mol. The number of hydrogen-bond donors (Lipinski definition) is 3. The van der Waals surface area contributed by atoms with E-state index in [0.717, 1.165) is 0 Å². The molecule has 1 aromatic carbocycles. The van der Waals surface area contributed by atoms with Crippen molar-refractivity contribution in [2.45, 2.75) is 193 Å². The summed E-state index contributed by atoms with van der Waals surface area (Å²) in [6.45, 7) is 27.1. The molecule has 3 heterocycles. The number of piperidine rings is 3. The molecule has 0 aliphatic carbocycles. The van der Waals surface area contributed by atoms with Crippen molar-refractivity contribution < 1.29 is 44.1 Å². The molecular formula is C42H63N3O9. The second kappa shape index (κ2) is 13.4. The normalized spacial score (nSPS) is 23.5. The van der Waals surface area contributed by atoms with E-state index in [9.17, 15) is 44.1 Å². The number of rotatable bonds is 6. The minimum atomic E-state index is -1.42. The SMILES string of the molecule is CC(=O)N1C(C)(C)CC(c2c(C(=O)O)c(C3CC(C)(C)N(C(C)=O)C(C)(C)C3)c(C(=O)O)c(C3CC(C)(C)N(C(C)=O)C(C)(C)C3)c2C(=O)O)CC1(C)C. The van der Waals surface area contributed by atoms with Gasteiger partial charge in [0.1, 0.15) is 0 Å². The summed E-state index contributed by atoms with van der Waals surface area (Å²) in [6, 6.07) is 0. The first-order valence-electron chi connectivity index (χ1n) is 19.1. The maximum absolute atomic E-state index is 13.9. The van der Waals surface area contributed by atoms with Gasteiger partial charge < -0.3 is 30.0 Å². The summed E-state index contributed by atoms with van der Waals surface area (Å²) >= 11 is 0. The Morgan fingerprint density at radius 2 is 0.537 bits per heavy atom. The van der Waals surface area contributed by atoms with Gasteiger partial charge in [-0.2, -0.15) is 0 Å². The Balaban J connectivity index is 2.26. The monoisotopic (exact) mass is 753 g/mol. The van der Waals surface area contributed by atoms with Crippen molar-refractivity contribution in [3.8, 4) is 0 Å². The highest BCUT2D eigenvalue weighted by Gasteiger charge is 2.54. The van der Waals surface area contributed by atoms with Crippen LogP contribution in [0.1, 0.15) is 208 Å². The molecule has 0 radical (unpaired) electrons. The van der Waals surface area contributed by atoms with Crippen LogP contribution in [0.4, 0.5) is 0 Å². The first-order chi connectivity index (χ1) is 24.2. The highest BCUT2D eigenvalue weighted by atomic mass is 16.4. The van der Waals surface area contributed by atoms with Gasteiger partial charge in [0.25, 0.3) is 0 Å².